The highest BCUT2D eigenvalue weighted by atomic mass is 28.4. The van der Waals surface area contributed by atoms with Crippen LogP contribution in [0.2, 0.25) is 19.6 Å². The molecule has 0 spiro atoms. The normalized spacial score (nSPS) is 34.5. The van der Waals surface area contributed by atoms with Crippen LogP contribution in [0, 0.1) is 5.92 Å². The van der Waals surface area contributed by atoms with Crippen LogP contribution in [0.25, 0.3) is 0 Å². The summed E-state index contributed by atoms with van der Waals surface area (Å²) in [6.45, 7) is 9.07. The van der Waals surface area contributed by atoms with E-state index in [4.69, 9.17) is 9.16 Å². The molecule has 14 heavy (non-hydrogen) atoms. The first kappa shape index (κ1) is 12.2. The molecule has 0 N–H and O–H groups in total. The molecule has 0 radical (unpaired) electrons. The molecule has 0 bridgehead atoms. The van der Waals surface area contributed by atoms with Gasteiger partial charge in [-0.2, -0.15) is 0 Å². The van der Waals surface area contributed by atoms with Crippen LogP contribution in [-0.4, -0.2) is 27.6 Å². The molecule has 1 rings (SSSR count). The molecule has 0 saturated heterocycles. The van der Waals surface area contributed by atoms with Crippen LogP contribution in [0.3, 0.4) is 0 Å². The van der Waals surface area contributed by atoms with Crippen molar-refractivity contribution in [1.82, 2.24) is 0 Å². The summed E-state index contributed by atoms with van der Waals surface area (Å²) >= 11 is 0. The maximum atomic E-state index is 6.14. The zero-order chi connectivity index (χ0) is 10.8. The van der Waals surface area contributed by atoms with Crippen LogP contribution >= 0.6 is 0 Å². The minimum absolute atomic E-state index is 0.417. The summed E-state index contributed by atoms with van der Waals surface area (Å²) < 4.78 is 11.6. The van der Waals surface area contributed by atoms with Gasteiger partial charge in [0.2, 0.25) is 0 Å². The molecule has 0 aromatic heterocycles. The Hall–Kier alpha value is 0.137. The van der Waals surface area contributed by atoms with Crippen LogP contribution in [0.1, 0.15) is 26.2 Å². The van der Waals surface area contributed by atoms with Gasteiger partial charge in [0, 0.05) is 13.2 Å². The fourth-order valence-electron chi connectivity index (χ4n) is 2.27. The van der Waals surface area contributed by atoms with Crippen molar-refractivity contribution in [2.45, 2.75) is 58.0 Å². The Morgan fingerprint density at radius 2 is 1.57 bits per heavy atom. The van der Waals surface area contributed by atoms with E-state index in [9.17, 15) is 0 Å². The summed E-state index contributed by atoms with van der Waals surface area (Å²) in [6, 6.07) is 0. The van der Waals surface area contributed by atoms with E-state index in [0.717, 1.165) is 12.3 Å². The largest absolute Gasteiger partial charge is 0.415 e. The van der Waals surface area contributed by atoms with Gasteiger partial charge in [0.15, 0.2) is 8.32 Å². The van der Waals surface area contributed by atoms with E-state index in [1.54, 1.807) is 0 Å². The van der Waals surface area contributed by atoms with Gasteiger partial charge < -0.3 is 9.16 Å². The second-order valence-electron chi connectivity index (χ2n) is 5.52. The van der Waals surface area contributed by atoms with Crippen molar-refractivity contribution in [3.63, 3.8) is 0 Å². The number of hydrogen-bond donors (Lipinski definition) is 0. The first-order valence-corrected chi connectivity index (χ1v) is 9.02. The molecule has 1 fully saturated rings. The Labute approximate surface area is 89.1 Å². The standard InChI is InChI=1S/C11H24O2Si/c1-9-6-10(12-2)8-11(7-9)13-14(3,4)5/h9-11H,6-8H2,1-5H3/t9-,10-,11-/m0/s1. The molecule has 84 valence electrons. The van der Waals surface area contributed by atoms with Gasteiger partial charge in [-0.05, 0) is 44.8 Å². The van der Waals surface area contributed by atoms with Gasteiger partial charge in [-0.1, -0.05) is 6.92 Å². The Bertz CT molecular complexity index is 177. The lowest BCUT2D eigenvalue weighted by Crippen LogP contribution is -2.38. The number of methoxy groups -OCH3 is 1. The maximum absolute atomic E-state index is 6.14. The molecule has 0 amide bonds. The van der Waals surface area contributed by atoms with Gasteiger partial charge in [0.05, 0.1) is 6.10 Å². The Kier molecular flexibility index (Phi) is 4.16. The van der Waals surface area contributed by atoms with Crippen molar-refractivity contribution in [2.24, 2.45) is 5.92 Å². The average molecular weight is 216 g/mol. The minimum atomic E-state index is -1.37. The third-order valence-electron chi connectivity index (χ3n) is 2.71. The molecule has 3 heteroatoms. The van der Waals surface area contributed by atoms with Crippen molar-refractivity contribution in [3.8, 4) is 0 Å². The molecule has 2 nitrogen and oxygen atoms in total. The predicted octanol–water partition coefficient (Wildman–Crippen LogP) is 3.04. The first-order chi connectivity index (χ1) is 6.40. The predicted molar refractivity (Wildman–Crippen MR) is 62.0 cm³/mol. The fourth-order valence-corrected chi connectivity index (χ4v) is 3.46. The van der Waals surface area contributed by atoms with Crippen LogP contribution in [0.4, 0.5) is 0 Å². The first-order valence-electron chi connectivity index (χ1n) is 5.61. The van der Waals surface area contributed by atoms with Gasteiger partial charge in [-0.15, -0.1) is 0 Å². The van der Waals surface area contributed by atoms with Crippen molar-refractivity contribution in [1.29, 1.82) is 0 Å². The van der Waals surface area contributed by atoms with Crippen LogP contribution < -0.4 is 0 Å². The molecule has 0 unspecified atom stereocenters. The van der Waals surface area contributed by atoms with E-state index in [2.05, 4.69) is 26.6 Å². The summed E-state index contributed by atoms with van der Waals surface area (Å²) in [6.07, 6.45) is 4.35. The lowest BCUT2D eigenvalue weighted by molar-refractivity contribution is -0.000431. The Balaban J connectivity index is 2.45. The van der Waals surface area contributed by atoms with Crippen molar-refractivity contribution < 1.29 is 9.16 Å². The van der Waals surface area contributed by atoms with Crippen LogP contribution in [0.15, 0.2) is 0 Å². The van der Waals surface area contributed by atoms with E-state index in [0.29, 0.717) is 12.2 Å². The number of hydrogen-bond acceptors (Lipinski definition) is 2. The minimum Gasteiger partial charge on any atom is -0.415 e. The van der Waals surface area contributed by atoms with Gasteiger partial charge >= 0.3 is 0 Å². The second-order valence-corrected chi connectivity index (χ2v) is 9.98. The molecule has 0 heterocycles. The summed E-state index contributed by atoms with van der Waals surface area (Å²) in [5.41, 5.74) is 0. The molecule has 0 aliphatic heterocycles. The van der Waals surface area contributed by atoms with Gasteiger partial charge in [0.1, 0.15) is 0 Å². The molecule has 0 aromatic carbocycles. The van der Waals surface area contributed by atoms with E-state index in [1.807, 2.05) is 7.11 Å². The van der Waals surface area contributed by atoms with Crippen LogP contribution in [0.5, 0.6) is 0 Å². The van der Waals surface area contributed by atoms with E-state index in [-0.39, 0.29) is 0 Å². The highest BCUT2D eigenvalue weighted by Crippen LogP contribution is 2.29. The fraction of sp³-hybridized carbons (Fsp3) is 1.00. The van der Waals surface area contributed by atoms with Crippen molar-refractivity contribution in [2.75, 3.05) is 7.11 Å². The monoisotopic (exact) mass is 216 g/mol. The topological polar surface area (TPSA) is 18.5 Å². The maximum Gasteiger partial charge on any atom is 0.184 e. The van der Waals surface area contributed by atoms with E-state index in [1.165, 1.54) is 12.8 Å². The lowest BCUT2D eigenvalue weighted by atomic mass is 9.87. The van der Waals surface area contributed by atoms with Crippen molar-refractivity contribution >= 4 is 8.32 Å². The summed E-state index contributed by atoms with van der Waals surface area (Å²) in [4.78, 5) is 0. The van der Waals surface area contributed by atoms with Crippen molar-refractivity contribution in [3.05, 3.63) is 0 Å². The lowest BCUT2D eigenvalue weighted by Gasteiger charge is -2.36. The van der Waals surface area contributed by atoms with Gasteiger partial charge in [0.25, 0.3) is 0 Å². The summed E-state index contributed by atoms with van der Waals surface area (Å²) in [5, 5.41) is 0. The molecule has 1 aliphatic carbocycles. The molecular formula is C11H24O2Si. The molecule has 0 aromatic rings. The number of rotatable bonds is 3. The van der Waals surface area contributed by atoms with Gasteiger partial charge in [-0.25, -0.2) is 0 Å². The van der Waals surface area contributed by atoms with E-state index >= 15 is 0 Å². The molecule has 3 atom stereocenters. The highest BCUT2D eigenvalue weighted by Gasteiger charge is 2.30. The summed E-state index contributed by atoms with van der Waals surface area (Å²) in [7, 11) is 0.442. The molecule has 1 saturated carbocycles. The highest BCUT2D eigenvalue weighted by molar-refractivity contribution is 6.69. The zero-order valence-electron chi connectivity index (χ0n) is 10.2. The van der Waals surface area contributed by atoms with Crippen LogP contribution in [-0.2, 0) is 9.16 Å². The third-order valence-corrected chi connectivity index (χ3v) is 3.75. The van der Waals surface area contributed by atoms with Gasteiger partial charge in [-0.3, -0.25) is 0 Å². The smallest absolute Gasteiger partial charge is 0.184 e. The average Bonchev–Trinajstić information content (AvgIpc) is 1.99. The molecule has 1 aliphatic rings. The Morgan fingerprint density at radius 3 is 2.07 bits per heavy atom. The SMILES string of the molecule is CO[C@H]1C[C@H](C)C[C@H](O[Si](C)(C)C)C1. The molecular weight excluding hydrogens is 192 g/mol. The van der Waals surface area contributed by atoms with E-state index < -0.39 is 8.32 Å². The third kappa shape index (κ3) is 4.11. The Morgan fingerprint density at radius 1 is 1.00 bits per heavy atom. The zero-order valence-corrected chi connectivity index (χ0v) is 11.2. The summed E-state index contributed by atoms with van der Waals surface area (Å²) in [5.74, 6) is 0.745. The second kappa shape index (κ2) is 4.77. The quantitative estimate of drug-likeness (QED) is 0.675. The number of ether oxygens (including phenoxy) is 1.